The van der Waals surface area contributed by atoms with Crippen molar-refractivity contribution in [3.05, 3.63) is 59.8 Å². The van der Waals surface area contributed by atoms with E-state index in [1.165, 1.54) is 0 Å². The van der Waals surface area contributed by atoms with Gasteiger partial charge in [0.15, 0.2) is 0 Å². The number of esters is 1. The molecule has 0 bridgehead atoms. The fourth-order valence-electron chi connectivity index (χ4n) is 6.02. The number of ether oxygens (including phenoxy) is 2. The van der Waals surface area contributed by atoms with Gasteiger partial charge in [0.25, 0.3) is 0 Å². The molecule has 2 aliphatic heterocycles. The first-order valence-electron chi connectivity index (χ1n) is 13.0. The normalized spacial score (nSPS) is 24.3. The number of likely N-dealkylation sites (tertiary alicyclic amines) is 1. The number of carbonyl (C=O) groups is 3. The smallest absolute Gasteiger partial charge is 0.318 e. The number of benzene rings is 2. The summed E-state index contributed by atoms with van der Waals surface area (Å²) in [6.07, 6.45) is 4.75. The molecular formula is C29H34N2O5. The highest BCUT2D eigenvalue weighted by molar-refractivity contribution is 5.93. The molecule has 2 amide bonds. The van der Waals surface area contributed by atoms with Gasteiger partial charge in [-0.2, -0.15) is 0 Å². The van der Waals surface area contributed by atoms with E-state index in [1.807, 2.05) is 37.3 Å². The van der Waals surface area contributed by atoms with Crippen LogP contribution in [0, 0.1) is 11.3 Å². The summed E-state index contributed by atoms with van der Waals surface area (Å²) in [6.45, 7) is 4.54. The molecule has 190 valence electrons. The highest BCUT2D eigenvalue weighted by Gasteiger charge is 2.54. The third-order valence-corrected chi connectivity index (χ3v) is 7.80. The molecular weight excluding hydrogens is 456 g/mol. The predicted molar refractivity (Wildman–Crippen MR) is 136 cm³/mol. The van der Waals surface area contributed by atoms with Crippen LogP contribution in [0.2, 0.25) is 0 Å². The third kappa shape index (κ3) is 4.52. The Bertz CT molecular complexity index is 1180. The largest absolute Gasteiger partial charge is 0.465 e. The summed E-state index contributed by atoms with van der Waals surface area (Å²) in [5.41, 5.74) is 0.869. The van der Waals surface area contributed by atoms with Gasteiger partial charge < -0.3 is 19.3 Å². The quantitative estimate of drug-likeness (QED) is 0.571. The van der Waals surface area contributed by atoms with Gasteiger partial charge >= 0.3 is 5.97 Å². The lowest BCUT2D eigenvalue weighted by molar-refractivity contribution is -0.163. The van der Waals surface area contributed by atoms with Gasteiger partial charge in [0.05, 0.1) is 26.4 Å². The maximum absolute atomic E-state index is 14.0. The van der Waals surface area contributed by atoms with Crippen LogP contribution in [0.4, 0.5) is 0 Å². The number of rotatable bonds is 6. The lowest BCUT2D eigenvalue weighted by Gasteiger charge is -2.48. The zero-order chi connectivity index (χ0) is 25.1. The number of amides is 2. The molecule has 1 aliphatic carbocycles. The highest BCUT2D eigenvalue weighted by atomic mass is 16.5. The fourth-order valence-corrected chi connectivity index (χ4v) is 6.02. The van der Waals surface area contributed by atoms with Crippen molar-refractivity contribution in [1.29, 1.82) is 0 Å². The average molecular weight is 491 g/mol. The summed E-state index contributed by atoms with van der Waals surface area (Å²) < 4.78 is 11.0. The number of piperidine rings is 1. The second kappa shape index (κ2) is 10.4. The molecule has 2 aromatic carbocycles. The molecule has 2 aromatic rings. The van der Waals surface area contributed by atoms with Crippen molar-refractivity contribution in [2.24, 2.45) is 11.3 Å². The van der Waals surface area contributed by atoms with E-state index >= 15 is 0 Å². The Kier molecular flexibility index (Phi) is 7.10. The Morgan fingerprint density at radius 2 is 1.89 bits per heavy atom. The second-order valence-corrected chi connectivity index (χ2v) is 9.95. The second-order valence-electron chi connectivity index (χ2n) is 9.95. The predicted octanol–water partition coefficient (Wildman–Crippen LogP) is 4.05. The molecule has 5 rings (SSSR count). The van der Waals surface area contributed by atoms with Gasteiger partial charge in [-0.3, -0.25) is 14.4 Å². The van der Waals surface area contributed by atoms with E-state index in [0.29, 0.717) is 45.7 Å². The summed E-state index contributed by atoms with van der Waals surface area (Å²) in [6, 6.07) is 14.2. The van der Waals surface area contributed by atoms with Crippen molar-refractivity contribution in [3.63, 3.8) is 0 Å². The number of hydrogen-bond acceptors (Lipinski definition) is 5. The summed E-state index contributed by atoms with van der Waals surface area (Å²) >= 11 is 0. The minimum Gasteiger partial charge on any atom is -0.465 e. The van der Waals surface area contributed by atoms with Crippen molar-refractivity contribution in [3.8, 4) is 0 Å². The van der Waals surface area contributed by atoms with Crippen LogP contribution in [0.3, 0.4) is 0 Å². The van der Waals surface area contributed by atoms with Gasteiger partial charge in [-0.25, -0.2) is 0 Å². The van der Waals surface area contributed by atoms with Crippen molar-refractivity contribution in [2.45, 2.75) is 45.6 Å². The standard InChI is InChI=1S/C29H34N2O5/c1-2-36-28(34)29-13-6-5-12-25(29)31(20-22-10-7-9-21-8-3-4-11-24(21)22)27(33)23(19-29)18-26(32)30-14-16-35-17-15-30/h3-4,7-12,23H,2,5-6,13-20H2,1H3/t23-,29-/m0/s1. The molecule has 0 aromatic heterocycles. The Labute approximate surface area is 212 Å². The van der Waals surface area contributed by atoms with Crippen LogP contribution in [0.25, 0.3) is 10.8 Å². The Morgan fingerprint density at radius 3 is 2.69 bits per heavy atom. The van der Waals surface area contributed by atoms with E-state index in [4.69, 9.17) is 9.47 Å². The molecule has 0 saturated carbocycles. The van der Waals surface area contributed by atoms with Crippen LogP contribution in [-0.2, 0) is 30.4 Å². The van der Waals surface area contributed by atoms with Gasteiger partial charge in [0.2, 0.25) is 11.8 Å². The summed E-state index contributed by atoms with van der Waals surface area (Å²) in [5, 5.41) is 2.19. The monoisotopic (exact) mass is 490 g/mol. The minimum atomic E-state index is -0.900. The van der Waals surface area contributed by atoms with Crippen LogP contribution < -0.4 is 0 Å². The SMILES string of the molecule is CCOC(=O)[C@]12CCCC=C1N(Cc1cccc3ccccc13)C(=O)[C@@H](CC(=O)N1CCOCC1)C2. The number of allylic oxidation sites excluding steroid dienone is 1. The number of nitrogens with zero attached hydrogens (tertiary/aromatic N) is 2. The molecule has 2 fully saturated rings. The number of fused-ring (bicyclic) bond motifs is 2. The molecule has 2 atom stereocenters. The Morgan fingerprint density at radius 1 is 1.11 bits per heavy atom. The topological polar surface area (TPSA) is 76.2 Å². The molecule has 7 nitrogen and oxygen atoms in total. The van der Waals surface area contributed by atoms with Crippen molar-refractivity contribution < 1.29 is 23.9 Å². The molecule has 36 heavy (non-hydrogen) atoms. The zero-order valence-electron chi connectivity index (χ0n) is 20.9. The third-order valence-electron chi connectivity index (χ3n) is 7.80. The van der Waals surface area contributed by atoms with E-state index in [9.17, 15) is 14.4 Å². The first-order valence-corrected chi connectivity index (χ1v) is 13.0. The van der Waals surface area contributed by atoms with Crippen molar-refractivity contribution in [1.82, 2.24) is 9.80 Å². The number of hydrogen-bond donors (Lipinski definition) is 0. The van der Waals surface area contributed by atoms with E-state index in [1.54, 1.807) is 9.80 Å². The molecule has 0 spiro atoms. The summed E-state index contributed by atoms with van der Waals surface area (Å²) in [4.78, 5) is 44.2. The summed E-state index contributed by atoms with van der Waals surface area (Å²) in [5.74, 6) is -0.994. The molecule has 0 N–H and O–H groups in total. The van der Waals surface area contributed by atoms with E-state index < -0.39 is 11.3 Å². The van der Waals surface area contributed by atoms with E-state index in [0.717, 1.165) is 34.9 Å². The van der Waals surface area contributed by atoms with E-state index in [-0.39, 0.29) is 30.8 Å². The first kappa shape index (κ1) is 24.5. The average Bonchev–Trinajstić information content (AvgIpc) is 2.91. The van der Waals surface area contributed by atoms with Crippen molar-refractivity contribution in [2.75, 3.05) is 32.9 Å². The zero-order valence-corrected chi connectivity index (χ0v) is 20.9. The number of morpholine rings is 1. The molecule has 7 heteroatoms. The van der Waals surface area contributed by atoms with Gasteiger partial charge in [0, 0.05) is 31.1 Å². The van der Waals surface area contributed by atoms with E-state index in [2.05, 4.69) is 18.2 Å². The molecule has 0 unspecified atom stereocenters. The van der Waals surface area contributed by atoms with Crippen LogP contribution in [-0.4, -0.2) is 60.5 Å². The van der Waals surface area contributed by atoms with Gasteiger partial charge in [-0.05, 0) is 48.9 Å². The first-order chi connectivity index (χ1) is 17.5. The Hall–Kier alpha value is -3.19. The van der Waals surface area contributed by atoms with Crippen LogP contribution in [0.15, 0.2) is 54.2 Å². The van der Waals surface area contributed by atoms with Gasteiger partial charge in [0.1, 0.15) is 5.41 Å². The fraction of sp³-hybridized carbons (Fsp3) is 0.483. The molecule has 2 saturated heterocycles. The minimum absolute atomic E-state index is 0.0518. The Balaban J connectivity index is 1.52. The molecule has 0 radical (unpaired) electrons. The van der Waals surface area contributed by atoms with Gasteiger partial charge in [-0.15, -0.1) is 0 Å². The molecule has 3 aliphatic rings. The summed E-state index contributed by atoms with van der Waals surface area (Å²) in [7, 11) is 0. The lowest BCUT2D eigenvalue weighted by Crippen LogP contribution is -2.54. The van der Waals surface area contributed by atoms with Gasteiger partial charge in [-0.1, -0.05) is 48.5 Å². The van der Waals surface area contributed by atoms with Crippen LogP contribution in [0.5, 0.6) is 0 Å². The van der Waals surface area contributed by atoms with Crippen molar-refractivity contribution >= 4 is 28.6 Å². The maximum atomic E-state index is 14.0. The lowest BCUT2D eigenvalue weighted by atomic mass is 9.66. The molecule has 2 heterocycles. The van der Waals surface area contributed by atoms with Crippen LogP contribution in [0.1, 0.15) is 44.6 Å². The highest BCUT2D eigenvalue weighted by Crippen LogP contribution is 2.50. The number of carbonyl (C=O) groups excluding carboxylic acids is 3. The van der Waals surface area contributed by atoms with Crippen LogP contribution >= 0.6 is 0 Å². The maximum Gasteiger partial charge on any atom is 0.318 e.